The maximum absolute atomic E-state index is 5.98. The maximum atomic E-state index is 5.98. The minimum Gasteiger partial charge on any atom is -0.374 e. The van der Waals surface area contributed by atoms with Crippen LogP contribution in [0, 0.1) is 0 Å². The molecule has 0 bridgehead atoms. The Bertz CT molecular complexity index is 549. The summed E-state index contributed by atoms with van der Waals surface area (Å²) in [6, 6.07) is 7.83. The minimum atomic E-state index is -0.0688. The van der Waals surface area contributed by atoms with E-state index in [9.17, 15) is 0 Å². The SMILES string of the molecule is COC(c1ccc(Cl)cc1)C(SC(C)(C)C)n1ccnc1. The van der Waals surface area contributed by atoms with Gasteiger partial charge in [-0.3, -0.25) is 0 Å². The van der Waals surface area contributed by atoms with Crippen LogP contribution >= 0.6 is 23.4 Å². The second-order valence-corrected chi connectivity index (χ2v) is 8.22. The predicted molar refractivity (Wildman–Crippen MR) is 89.8 cm³/mol. The van der Waals surface area contributed by atoms with Crippen molar-refractivity contribution in [3.8, 4) is 0 Å². The van der Waals surface area contributed by atoms with Crippen molar-refractivity contribution in [2.24, 2.45) is 0 Å². The van der Waals surface area contributed by atoms with Gasteiger partial charge in [0.1, 0.15) is 11.5 Å². The first-order valence-corrected chi connectivity index (χ1v) is 8.10. The number of nitrogens with zero attached hydrogens (tertiary/aromatic N) is 2. The molecule has 0 saturated carbocycles. The van der Waals surface area contributed by atoms with Crippen LogP contribution in [0.4, 0.5) is 0 Å². The molecule has 0 spiro atoms. The molecular weight excluding hydrogens is 304 g/mol. The molecule has 0 aliphatic carbocycles. The largest absolute Gasteiger partial charge is 0.374 e. The van der Waals surface area contributed by atoms with Gasteiger partial charge in [-0.05, 0) is 17.7 Å². The van der Waals surface area contributed by atoms with Crippen LogP contribution in [0.3, 0.4) is 0 Å². The van der Waals surface area contributed by atoms with Crippen molar-refractivity contribution < 1.29 is 4.74 Å². The quantitative estimate of drug-likeness (QED) is 0.778. The zero-order valence-electron chi connectivity index (χ0n) is 12.8. The molecule has 5 heteroatoms. The normalized spacial score (nSPS) is 14.9. The van der Waals surface area contributed by atoms with Crippen LogP contribution in [0.5, 0.6) is 0 Å². The Morgan fingerprint density at radius 2 is 1.90 bits per heavy atom. The van der Waals surface area contributed by atoms with Crippen LogP contribution in [-0.2, 0) is 4.74 Å². The molecule has 1 heterocycles. The van der Waals surface area contributed by atoms with Crippen LogP contribution < -0.4 is 0 Å². The van der Waals surface area contributed by atoms with E-state index in [1.54, 1.807) is 13.3 Å². The zero-order valence-corrected chi connectivity index (χ0v) is 14.4. The third-order valence-corrected chi connectivity index (χ3v) is 4.70. The van der Waals surface area contributed by atoms with Crippen LogP contribution in [0.15, 0.2) is 43.0 Å². The predicted octanol–water partition coefficient (Wildman–Crippen LogP) is 4.95. The molecule has 21 heavy (non-hydrogen) atoms. The Morgan fingerprint density at radius 1 is 1.24 bits per heavy atom. The molecule has 2 atom stereocenters. The van der Waals surface area contributed by atoms with Crippen molar-refractivity contribution in [3.05, 3.63) is 53.6 Å². The summed E-state index contributed by atoms with van der Waals surface area (Å²) in [5.74, 6) is 0. The number of benzene rings is 1. The molecule has 2 aromatic rings. The number of hydrogen-bond acceptors (Lipinski definition) is 3. The Labute approximate surface area is 135 Å². The Balaban J connectivity index is 2.35. The van der Waals surface area contributed by atoms with Gasteiger partial charge in [0, 0.05) is 29.3 Å². The third-order valence-electron chi connectivity index (χ3n) is 3.00. The second kappa shape index (κ2) is 6.86. The first-order chi connectivity index (χ1) is 9.90. The highest BCUT2D eigenvalue weighted by atomic mass is 35.5. The molecule has 0 fully saturated rings. The highest BCUT2D eigenvalue weighted by molar-refractivity contribution is 8.00. The van der Waals surface area contributed by atoms with Crippen molar-refractivity contribution in [1.29, 1.82) is 0 Å². The average Bonchev–Trinajstić information content (AvgIpc) is 2.93. The van der Waals surface area contributed by atoms with Crippen molar-refractivity contribution in [3.63, 3.8) is 0 Å². The lowest BCUT2D eigenvalue weighted by molar-refractivity contribution is 0.0841. The van der Waals surface area contributed by atoms with Gasteiger partial charge in [0.25, 0.3) is 0 Å². The lowest BCUT2D eigenvalue weighted by Gasteiger charge is -2.32. The van der Waals surface area contributed by atoms with E-state index in [1.165, 1.54) is 0 Å². The number of halogens is 1. The van der Waals surface area contributed by atoms with Gasteiger partial charge in [0.15, 0.2) is 0 Å². The molecule has 0 radical (unpaired) electrons. The molecule has 3 nitrogen and oxygen atoms in total. The highest BCUT2D eigenvalue weighted by Crippen LogP contribution is 2.44. The monoisotopic (exact) mass is 324 g/mol. The number of thioether (sulfide) groups is 1. The molecule has 0 aliphatic heterocycles. The van der Waals surface area contributed by atoms with E-state index in [2.05, 4.69) is 30.3 Å². The Hall–Kier alpha value is -0.970. The van der Waals surface area contributed by atoms with Gasteiger partial charge in [0.05, 0.1) is 6.33 Å². The summed E-state index contributed by atoms with van der Waals surface area (Å²) in [6.45, 7) is 6.61. The number of rotatable bonds is 5. The third kappa shape index (κ3) is 4.50. The van der Waals surface area contributed by atoms with E-state index < -0.39 is 0 Å². The van der Waals surface area contributed by atoms with Crippen LogP contribution in [0.1, 0.15) is 37.8 Å². The van der Waals surface area contributed by atoms with Crippen LogP contribution in [0.2, 0.25) is 5.02 Å². The fourth-order valence-electron chi connectivity index (χ4n) is 2.13. The van der Waals surface area contributed by atoms with Crippen molar-refractivity contribution in [1.82, 2.24) is 9.55 Å². The summed E-state index contributed by atoms with van der Waals surface area (Å²) in [6.07, 6.45) is 5.54. The summed E-state index contributed by atoms with van der Waals surface area (Å²) in [5, 5.41) is 0.843. The summed E-state index contributed by atoms with van der Waals surface area (Å²) < 4.78 is 8.00. The molecule has 2 rings (SSSR count). The lowest BCUT2D eigenvalue weighted by Crippen LogP contribution is -2.21. The smallest absolute Gasteiger partial charge is 0.112 e. The number of ether oxygens (including phenoxy) is 1. The average molecular weight is 325 g/mol. The summed E-state index contributed by atoms with van der Waals surface area (Å²) in [4.78, 5) is 4.17. The van der Waals surface area contributed by atoms with E-state index in [0.717, 1.165) is 10.6 Å². The molecule has 114 valence electrons. The van der Waals surface area contributed by atoms with Crippen molar-refractivity contribution >= 4 is 23.4 Å². The van der Waals surface area contributed by atoms with Gasteiger partial charge >= 0.3 is 0 Å². The molecule has 1 aromatic carbocycles. The van der Waals surface area contributed by atoms with Gasteiger partial charge in [0.2, 0.25) is 0 Å². The topological polar surface area (TPSA) is 27.1 Å². The summed E-state index contributed by atoms with van der Waals surface area (Å²) in [5.41, 5.74) is 1.11. The molecule has 1 aromatic heterocycles. The molecule has 0 saturated heterocycles. The van der Waals surface area contributed by atoms with E-state index in [0.29, 0.717) is 0 Å². The van der Waals surface area contributed by atoms with E-state index in [1.807, 2.05) is 48.6 Å². The molecule has 0 amide bonds. The molecule has 0 aliphatic rings. The summed E-state index contributed by atoms with van der Waals surface area (Å²) >= 11 is 7.84. The minimum absolute atomic E-state index is 0.0688. The van der Waals surface area contributed by atoms with E-state index >= 15 is 0 Å². The standard InChI is InChI=1S/C16H21ClN2OS/c1-16(2,3)21-15(19-10-9-18-11-19)14(20-4)12-5-7-13(17)8-6-12/h5-11,14-15H,1-4H3. The molecular formula is C16H21ClN2OS. The zero-order chi connectivity index (χ0) is 15.5. The summed E-state index contributed by atoms with van der Waals surface area (Å²) in [7, 11) is 1.74. The second-order valence-electron chi connectivity index (χ2n) is 5.84. The maximum Gasteiger partial charge on any atom is 0.112 e. The number of methoxy groups -OCH3 is 1. The highest BCUT2D eigenvalue weighted by Gasteiger charge is 2.29. The first kappa shape index (κ1) is 16.4. The Morgan fingerprint density at radius 3 is 2.38 bits per heavy atom. The van der Waals surface area contributed by atoms with Crippen molar-refractivity contribution in [2.45, 2.75) is 37.0 Å². The molecule has 0 N–H and O–H groups in total. The number of aromatic nitrogens is 2. The fraction of sp³-hybridized carbons (Fsp3) is 0.438. The number of hydrogen-bond donors (Lipinski definition) is 0. The first-order valence-electron chi connectivity index (χ1n) is 6.84. The Kier molecular flexibility index (Phi) is 5.36. The van der Waals surface area contributed by atoms with Gasteiger partial charge < -0.3 is 9.30 Å². The fourth-order valence-corrected chi connectivity index (χ4v) is 3.62. The van der Waals surface area contributed by atoms with Gasteiger partial charge in [-0.15, -0.1) is 11.8 Å². The van der Waals surface area contributed by atoms with Gasteiger partial charge in [-0.2, -0.15) is 0 Å². The van der Waals surface area contributed by atoms with E-state index in [-0.39, 0.29) is 16.2 Å². The van der Waals surface area contributed by atoms with Gasteiger partial charge in [-0.25, -0.2) is 4.98 Å². The van der Waals surface area contributed by atoms with Crippen LogP contribution in [-0.4, -0.2) is 21.4 Å². The van der Waals surface area contributed by atoms with Crippen molar-refractivity contribution in [2.75, 3.05) is 7.11 Å². The lowest BCUT2D eigenvalue weighted by atomic mass is 10.1. The van der Waals surface area contributed by atoms with E-state index in [4.69, 9.17) is 16.3 Å². The van der Waals surface area contributed by atoms with Gasteiger partial charge in [-0.1, -0.05) is 44.5 Å². The van der Waals surface area contributed by atoms with Crippen LogP contribution in [0.25, 0.3) is 0 Å². The number of imidazole rings is 1. The molecule has 2 unspecified atom stereocenters.